The highest BCUT2D eigenvalue weighted by Crippen LogP contribution is 2.28. The number of pyridine rings is 2. The fourth-order valence-electron chi connectivity index (χ4n) is 1.23. The van der Waals surface area contributed by atoms with Crippen LogP contribution in [0, 0.1) is 11.3 Å². The first kappa shape index (κ1) is 10.4. The van der Waals surface area contributed by atoms with Gasteiger partial charge in [0.25, 0.3) is 0 Å². The summed E-state index contributed by atoms with van der Waals surface area (Å²) < 4.78 is 37.0. The molecule has 0 aliphatic heterocycles. The van der Waals surface area contributed by atoms with Gasteiger partial charge in [0.2, 0.25) is 0 Å². The number of alkyl halides is 3. The molecule has 3 nitrogen and oxygen atoms in total. The van der Waals surface area contributed by atoms with E-state index in [0.717, 1.165) is 6.07 Å². The van der Waals surface area contributed by atoms with Crippen molar-refractivity contribution >= 4 is 11.0 Å². The van der Waals surface area contributed by atoms with Crippen LogP contribution in [0.15, 0.2) is 24.4 Å². The molecule has 0 spiro atoms. The Kier molecular flexibility index (Phi) is 2.23. The maximum Gasteiger partial charge on any atom is 0.433 e. The molecule has 16 heavy (non-hydrogen) atoms. The summed E-state index contributed by atoms with van der Waals surface area (Å²) in [4.78, 5) is 7.07. The zero-order valence-electron chi connectivity index (χ0n) is 7.78. The molecule has 0 bridgehead atoms. The average molecular weight is 223 g/mol. The molecule has 0 N–H and O–H groups in total. The van der Waals surface area contributed by atoms with Gasteiger partial charge in [0, 0.05) is 11.6 Å². The fourth-order valence-corrected chi connectivity index (χ4v) is 1.23. The van der Waals surface area contributed by atoms with Gasteiger partial charge in [-0.3, -0.25) is 0 Å². The standard InChI is InChI=1S/C10H4F3N3/c11-10(12,13)8-2-1-7-3-6(4-14)5-15-9(7)16-8/h1-3,5H. The summed E-state index contributed by atoms with van der Waals surface area (Å²) in [5.74, 6) is 0. The van der Waals surface area contributed by atoms with E-state index >= 15 is 0 Å². The summed E-state index contributed by atoms with van der Waals surface area (Å²) in [6.07, 6.45) is -3.29. The molecule has 2 heterocycles. The highest BCUT2D eigenvalue weighted by molar-refractivity contribution is 5.76. The molecular formula is C10H4F3N3. The maximum atomic E-state index is 12.3. The molecule has 0 aliphatic rings. The Balaban J connectivity index is 2.62. The van der Waals surface area contributed by atoms with Crippen molar-refractivity contribution in [2.75, 3.05) is 0 Å². The minimum Gasteiger partial charge on any atom is -0.235 e. The fraction of sp³-hybridized carbons (Fsp3) is 0.100. The number of fused-ring (bicyclic) bond motifs is 1. The number of nitrogens with zero attached hydrogens (tertiary/aromatic N) is 3. The predicted molar refractivity (Wildman–Crippen MR) is 49.3 cm³/mol. The van der Waals surface area contributed by atoms with Gasteiger partial charge in [0.1, 0.15) is 11.8 Å². The van der Waals surface area contributed by atoms with Crippen molar-refractivity contribution in [2.45, 2.75) is 6.18 Å². The van der Waals surface area contributed by atoms with Gasteiger partial charge in [-0.05, 0) is 18.2 Å². The monoisotopic (exact) mass is 223 g/mol. The van der Waals surface area contributed by atoms with Gasteiger partial charge in [0.05, 0.1) is 5.56 Å². The first-order chi connectivity index (χ1) is 7.50. The molecule has 6 heteroatoms. The number of aromatic nitrogens is 2. The lowest BCUT2D eigenvalue weighted by molar-refractivity contribution is -0.141. The first-order valence-electron chi connectivity index (χ1n) is 4.25. The molecule has 0 saturated carbocycles. The van der Waals surface area contributed by atoms with Gasteiger partial charge in [-0.2, -0.15) is 18.4 Å². The SMILES string of the molecule is N#Cc1cnc2nc(C(F)(F)F)ccc2c1. The van der Waals surface area contributed by atoms with Crippen LogP contribution < -0.4 is 0 Å². The summed E-state index contributed by atoms with van der Waals surface area (Å²) in [7, 11) is 0. The first-order valence-corrected chi connectivity index (χ1v) is 4.25. The Morgan fingerprint density at radius 1 is 1.25 bits per heavy atom. The van der Waals surface area contributed by atoms with Gasteiger partial charge in [-0.25, -0.2) is 9.97 Å². The lowest BCUT2D eigenvalue weighted by Crippen LogP contribution is -2.07. The Morgan fingerprint density at radius 3 is 2.62 bits per heavy atom. The van der Waals surface area contributed by atoms with Crippen molar-refractivity contribution < 1.29 is 13.2 Å². The second kappa shape index (κ2) is 3.45. The third-order valence-corrected chi connectivity index (χ3v) is 1.96. The van der Waals surface area contributed by atoms with Crippen molar-refractivity contribution in [2.24, 2.45) is 0 Å². The molecule has 0 radical (unpaired) electrons. The van der Waals surface area contributed by atoms with Gasteiger partial charge >= 0.3 is 6.18 Å². The third kappa shape index (κ3) is 1.80. The number of hydrogen-bond acceptors (Lipinski definition) is 3. The Labute approximate surface area is 88.2 Å². The van der Waals surface area contributed by atoms with Crippen LogP contribution in [-0.4, -0.2) is 9.97 Å². The Hall–Kier alpha value is -2.16. The lowest BCUT2D eigenvalue weighted by atomic mass is 10.2. The number of halogens is 3. The zero-order chi connectivity index (χ0) is 11.8. The van der Waals surface area contributed by atoms with Crippen LogP contribution in [0.2, 0.25) is 0 Å². The van der Waals surface area contributed by atoms with Gasteiger partial charge in [-0.15, -0.1) is 0 Å². The van der Waals surface area contributed by atoms with E-state index in [-0.39, 0.29) is 11.2 Å². The third-order valence-electron chi connectivity index (χ3n) is 1.96. The lowest BCUT2D eigenvalue weighted by Gasteiger charge is -2.05. The summed E-state index contributed by atoms with van der Waals surface area (Å²) in [5.41, 5.74) is -0.722. The number of rotatable bonds is 0. The van der Waals surface area contributed by atoms with Crippen LogP contribution in [0.3, 0.4) is 0 Å². The van der Waals surface area contributed by atoms with Crippen LogP contribution in [0.1, 0.15) is 11.3 Å². The minimum atomic E-state index is -4.48. The zero-order valence-corrected chi connectivity index (χ0v) is 7.78. The van der Waals surface area contributed by atoms with E-state index in [2.05, 4.69) is 9.97 Å². The molecular weight excluding hydrogens is 219 g/mol. The molecule has 0 amide bonds. The van der Waals surface area contributed by atoms with Crippen molar-refractivity contribution in [1.29, 1.82) is 5.26 Å². The normalized spacial score (nSPS) is 11.4. The van der Waals surface area contributed by atoms with Gasteiger partial charge < -0.3 is 0 Å². The molecule has 2 rings (SSSR count). The van der Waals surface area contributed by atoms with Gasteiger partial charge in [-0.1, -0.05) is 0 Å². The highest BCUT2D eigenvalue weighted by Gasteiger charge is 2.32. The summed E-state index contributed by atoms with van der Waals surface area (Å²) >= 11 is 0. The minimum absolute atomic E-state index is 0.0196. The average Bonchev–Trinajstić information content (AvgIpc) is 2.26. The molecule has 0 fully saturated rings. The maximum absolute atomic E-state index is 12.3. The van der Waals surface area contributed by atoms with Crippen molar-refractivity contribution in [3.05, 3.63) is 35.7 Å². The van der Waals surface area contributed by atoms with Crippen molar-refractivity contribution in [3.8, 4) is 6.07 Å². The van der Waals surface area contributed by atoms with Crippen LogP contribution in [0.5, 0.6) is 0 Å². The predicted octanol–water partition coefficient (Wildman–Crippen LogP) is 2.52. The molecule has 0 unspecified atom stereocenters. The van der Waals surface area contributed by atoms with E-state index in [0.29, 0.717) is 5.39 Å². The largest absolute Gasteiger partial charge is 0.433 e. The second-order valence-corrected chi connectivity index (χ2v) is 3.08. The van der Waals surface area contributed by atoms with E-state index in [1.54, 1.807) is 0 Å². The molecule has 2 aromatic rings. The number of nitriles is 1. The second-order valence-electron chi connectivity index (χ2n) is 3.08. The van der Waals surface area contributed by atoms with E-state index < -0.39 is 11.9 Å². The summed E-state index contributed by atoms with van der Waals surface area (Å²) in [6, 6.07) is 5.41. The number of hydrogen-bond donors (Lipinski definition) is 0. The quantitative estimate of drug-likeness (QED) is 0.689. The van der Waals surface area contributed by atoms with Crippen LogP contribution >= 0.6 is 0 Å². The summed E-state index contributed by atoms with van der Waals surface area (Å²) in [5, 5.41) is 9.00. The van der Waals surface area contributed by atoms with Crippen molar-refractivity contribution in [1.82, 2.24) is 9.97 Å². The molecule has 0 aliphatic carbocycles. The van der Waals surface area contributed by atoms with E-state index in [1.807, 2.05) is 6.07 Å². The topological polar surface area (TPSA) is 49.6 Å². The van der Waals surface area contributed by atoms with E-state index in [4.69, 9.17) is 5.26 Å². The highest BCUT2D eigenvalue weighted by atomic mass is 19.4. The van der Waals surface area contributed by atoms with Crippen LogP contribution in [0.25, 0.3) is 11.0 Å². The molecule has 80 valence electrons. The van der Waals surface area contributed by atoms with Crippen LogP contribution in [-0.2, 0) is 6.18 Å². The summed E-state index contributed by atoms with van der Waals surface area (Å²) in [6.45, 7) is 0. The van der Waals surface area contributed by atoms with Gasteiger partial charge in [0.15, 0.2) is 5.65 Å². The van der Waals surface area contributed by atoms with Crippen molar-refractivity contribution in [3.63, 3.8) is 0 Å². The smallest absolute Gasteiger partial charge is 0.235 e. The molecule has 0 atom stereocenters. The molecule has 2 aromatic heterocycles. The Morgan fingerprint density at radius 2 is 2.00 bits per heavy atom. The van der Waals surface area contributed by atoms with E-state index in [1.165, 1.54) is 18.3 Å². The van der Waals surface area contributed by atoms with E-state index in [9.17, 15) is 13.2 Å². The molecule has 0 saturated heterocycles. The molecule has 0 aromatic carbocycles. The van der Waals surface area contributed by atoms with Crippen LogP contribution in [0.4, 0.5) is 13.2 Å². The Bertz CT molecular complexity index is 584.